The van der Waals surface area contributed by atoms with Gasteiger partial charge in [0.05, 0.1) is 9.60 Å². The molecule has 0 bridgehead atoms. The number of rotatable bonds is 6. The molecule has 3 aromatic rings. The predicted molar refractivity (Wildman–Crippen MR) is 117 cm³/mol. The molecule has 0 aliphatic rings. The van der Waals surface area contributed by atoms with Gasteiger partial charge in [0.15, 0.2) is 20.8 Å². The van der Waals surface area contributed by atoms with Crippen LogP contribution in [-0.4, -0.2) is 57.6 Å². The van der Waals surface area contributed by atoms with Crippen molar-refractivity contribution in [3.05, 3.63) is 53.6 Å². The van der Waals surface area contributed by atoms with Crippen molar-refractivity contribution in [3.63, 3.8) is 0 Å². The van der Waals surface area contributed by atoms with Gasteiger partial charge in [0.25, 0.3) is 5.91 Å². The standard InChI is InChI=1S/C19H19F2N3O3S2.ClH/c1-23(2)7-8-24(18(25)12-5-4-6-14(9-12)29(3,26)27)19-22-17-15(21)10-13(20)11-16(17)28-19;/h4-6,9-11H,7-8H2,1-3H3;1H. The molecule has 0 saturated carbocycles. The largest absolute Gasteiger partial charge is 0.308 e. The monoisotopic (exact) mass is 475 g/mol. The zero-order valence-corrected chi connectivity index (χ0v) is 18.9. The molecule has 1 heterocycles. The maximum atomic E-state index is 14.1. The first-order chi connectivity index (χ1) is 13.6. The Morgan fingerprint density at radius 2 is 1.83 bits per heavy atom. The first-order valence-electron chi connectivity index (χ1n) is 8.58. The Morgan fingerprint density at radius 3 is 2.47 bits per heavy atom. The highest BCUT2D eigenvalue weighted by Gasteiger charge is 2.23. The van der Waals surface area contributed by atoms with Crippen LogP contribution in [0.4, 0.5) is 13.9 Å². The normalized spacial score (nSPS) is 11.5. The number of likely N-dealkylation sites (N-methyl/N-ethyl adjacent to an activating group) is 1. The number of thiazole rings is 1. The molecule has 0 radical (unpaired) electrons. The van der Waals surface area contributed by atoms with E-state index in [4.69, 9.17) is 0 Å². The molecule has 1 amide bonds. The minimum absolute atomic E-state index is 0. The smallest absolute Gasteiger partial charge is 0.260 e. The Hall–Kier alpha value is -2.14. The van der Waals surface area contributed by atoms with Gasteiger partial charge in [-0.3, -0.25) is 9.69 Å². The van der Waals surface area contributed by atoms with Crippen LogP contribution in [0.15, 0.2) is 41.3 Å². The Kier molecular flexibility index (Phi) is 7.51. The molecule has 3 rings (SSSR count). The number of aromatic nitrogens is 1. The highest BCUT2D eigenvalue weighted by atomic mass is 35.5. The minimum atomic E-state index is -3.49. The van der Waals surface area contributed by atoms with Crippen molar-refractivity contribution in [1.82, 2.24) is 9.88 Å². The van der Waals surface area contributed by atoms with Crippen molar-refractivity contribution >= 4 is 54.8 Å². The summed E-state index contributed by atoms with van der Waals surface area (Å²) in [5, 5.41) is 0.209. The van der Waals surface area contributed by atoms with Gasteiger partial charge in [0.1, 0.15) is 11.3 Å². The van der Waals surface area contributed by atoms with Crippen LogP contribution in [0.5, 0.6) is 0 Å². The van der Waals surface area contributed by atoms with E-state index in [0.717, 1.165) is 23.7 Å². The van der Waals surface area contributed by atoms with Crippen LogP contribution >= 0.6 is 23.7 Å². The second-order valence-corrected chi connectivity index (χ2v) is 9.82. The van der Waals surface area contributed by atoms with Crippen LogP contribution < -0.4 is 4.90 Å². The van der Waals surface area contributed by atoms with E-state index in [9.17, 15) is 22.0 Å². The van der Waals surface area contributed by atoms with E-state index < -0.39 is 27.4 Å². The second-order valence-electron chi connectivity index (χ2n) is 6.79. The van der Waals surface area contributed by atoms with Crippen molar-refractivity contribution < 1.29 is 22.0 Å². The van der Waals surface area contributed by atoms with Crippen molar-refractivity contribution in [2.45, 2.75) is 4.90 Å². The number of carbonyl (C=O) groups is 1. The molecule has 0 aliphatic carbocycles. The minimum Gasteiger partial charge on any atom is -0.308 e. The van der Waals surface area contributed by atoms with E-state index in [1.165, 1.54) is 35.2 Å². The number of amides is 1. The highest BCUT2D eigenvalue weighted by Crippen LogP contribution is 2.32. The van der Waals surface area contributed by atoms with Crippen LogP contribution in [0.1, 0.15) is 10.4 Å². The molecule has 0 atom stereocenters. The topological polar surface area (TPSA) is 70.6 Å². The summed E-state index contributed by atoms with van der Waals surface area (Å²) in [5.74, 6) is -2.00. The summed E-state index contributed by atoms with van der Waals surface area (Å²) in [6, 6.07) is 7.61. The number of hydrogen-bond acceptors (Lipinski definition) is 6. The molecule has 6 nitrogen and oxygen atoms in total. The lowest BCUT2D eigenvalue weighted by molar-refractivity contribution is 0.0985. The summed E-state index contributed by atoms with van der Waals surface area (Å²) in [4.78, 5) is 20.6. The van der Waals surface area contributed by atoms with E-state index in [1.807, 2.05) is 19.0 Å². The number of benzene rings is 2. The van der Waals surface area contributed by atoms with Gasteiger partial charge in [-0.05, 0) is 38.4 Å². The third kappa shape index (κ3) is 5.31. The van der Waals surface area contributed by atoms with Gasteiger partial charge in [-0.25, -0.2) is 22.2 Å². The molecule has 0 unspecified atom stereocenters. The van der Waals surface area contributed by atoms with Crippen molar-refractivity contribution in [3.8, 4) is 0 Å². The maximum Gasteiger partial charge on any atom is 0.260 e. The van der Waals surface area contributed by atoms with E-state index in [1.54, 1.807) is 0 Å². The molecule has 0 aliphatic heterocycles. The van der Waals surface area contributed by atoms with Gasteiger partial charge in [-0.15, -0.1) is 12.4 Å². The van der Waals surface area contributed by atoms with Gasteiger partial charge in [-0.2, -0.15) is 0 Å². The Balaban J connectivity index is 0.00000320. The zero-order valence-electron chi connectivity index (χ0n) is 16.4. The lowest BCUT2D eigenvalue weighted by atomic mass is 10.2. The molecule has 30 heavy (non-hydrogen) atoms. The fourth-order valence-electron chi connectivity index (χ4n) is 2.66. The third-order valence-electron chi connectivity index (χ3n) is 4.16. The van der Waals surface area contributed by atoms with Crippen LogP contribution in [0, 0.1) is 11.6 Å². The first-order valence-corrected chi connectivity index (χ1v) is 11.3. The van der Waals surface area contributed by atoms with Gasteiger partial charge >= 0.3 is 0 Å². The van der Waals surface area contributed by atoms with Crippen molar-refractivity contribution in [2.75, 3.05) is 38.3 Å². The maximum absolute atomic E-state index is 14.1. The molecule has 0 N–H and O–H groups in total. The molecule has 162 valence electrons. The van der Waals surface area contributed by atoms with Crippen molar-refractivity contribution in [1.29, 1.82) is 0 Å². The molecule has 0 saturated heterocycles. The lowest BCUT2D eigenvalue weighted by Crippen LogP contribution is -2.36. The molecule has 0 spiro atoms. The van der Waals surface area contributed by atoms with Gasteiger partial charge in [0, 0.05) is 31.0 Å². The molecule has 0 fully saturated rings. The number of nitrogens with zero attached hydrogens (tertiary/aromatic N) is 3. The summed E-state index contributed by atoms with van der Waals surface area (Å²) < 4.78 is 51.6. The van der Waals surface area contributed by atoms with E-state index >= 15 is 0 Å². The van der Waals surface area contributed by atoms with Gasteiger partial charge < -0.3 is 4.90 Å². The fourth-order valence-corrected chi connectivity index (χ4v) is 4.36. The summed E-state index contributed by atoms with van der Waals surface area (Å²) in [6.07, 6.45) is 1.06. The average Bonchev–Trinajstić information content (AvgIpc) is 3.05. The molecule has 1 aromatic heterocycles. The van der Waals surface area contributed by atoms with Gasteiger partial charge in [-0.1, -0.05) is 17.4 Å². The quantitative estimate of drug-likeness (QED) is 0.544. The van der Waals surface area contributed by atoms with Crippen LogP contribution in [0.2, 0.25) is 0 Å². The van der Waals surface area contributed by atoms with E-state index in [0.29, 0.717) is 6.54 Å². The molecule has 11 heteroatoms. The first kappa shape index (κ1) is 24.1. The Morgan fingerprint density at radius 1 is 1.13 bits per heavy atom. The number of hydrogen-bond donors (Lipinski definition) is 0. The lowest BCUT2D eigenvalue weighted by Gasteiger charge is -2.22. The summed E-state index contributed by atoms with van der Waals surface area (Å²) >= 11 is 0.995. The fraction of sp³-hybridized carbons (Fsp3) is 0.263. The van der Waals surface area contributed by atoms with Crippen LogP contribution in [-0.2, 0) is 9.84 Å². The second kappa shape index (κ2) is 9.34. The van der Waals surface area contributed by atoms with E-state index in [2.05, 4.69) is 4.98 Å². The number of halogens is 3. The number of carbonyl (C=O) groups excluding carboxylic acids is 1. The molecular formula is C19H20ClF2N3O3S2. The average molecular weight is 476 g/mol. The number of sulfone groups is 1. The Labute approximate surface area is 183 Å². The Bertz CT molecular complexity index is 1180. The van der Waals surface area contributed by atoms with Gasteiger partial charge in [0.2, 0.25) is 0 Å². The van der Waals surface area contributed by atoms with Crippen molar-refractivity contribution in [2.24, 2.45) is 0 Å². The van der Waals surface area contributed by atoms with Crippen LogP contribution in [0.3, 0.4) is 0 Å². The SMILES string of the molecule is CN(C)CCN(C(=O)c1cccc(S(C)(=O)=O)c1)c1nc2c(F)cc(F)cc2s1.Cl. The summed E-state index contributed by atoms with van der Waals surface area (Å²) in [7, 11) is 0.178. The molecular weight excluding hydrogens is 456 g/mol. The summed E-state index contributed by atoms with van der Waals surface area (Å²) in [6.45, 7) is 0.725. The number of fused-ring (bicyclic) bond motifs is 1. The number of anilines is 1. The molecule has 2 aromatic carbocycles. The predicted octanol–water partition coefficient (Wildman–Crippen LogP) is 3.61. The van der Waals surface area contributed by atoms with Crippen LogP contribution in [0.25, 0.3) is 10.2 Å². The third-order valence-corrected chi connectivity index (χ3v) is 6.29. The summed E-state index contributed by atoms with van der Waals surface area (Å²) in [5.41, 5.74) is 0.150. The van der Waals surface area contributed by atoms with E-state index in [-0.39, 0.29) is 44.8 Å². The zero-order chi connectivity index (χ0) is 21.3. The highest BCUT2D eigenvalue weighted by molar-refractivity contribution is 7.90.